The van der Waals surface area contributed by atoms with E-state index in [9.17, 15) is 8.42 Å². The number of ether oxygens (including phenoxy) is 1. The van der Waals surface area contributed by atoms with Crippen molar-refractivity contribution in [3.05, 3.63) is 54.4 Å². The lowest BCUT2D eigenvalue weighted by molar-refractivity contribution is 0.340. The number of aromatic nitrogens is 1. The van der Waals surface area contributed by atoms with Crippen LogP contribution in [-0.2, 0) is 10.0 Å². The van der Waals surface area contributed by atoms with Crippen molar-refractivity contribution < 1.29 is 13.2 Å². The topological polar surface area (TPSA) is 80.7 Å². The van der Waals surface area contributed by atoms with Crippen LogP contribution in [0.3, 0.4) is 0 Å². The lowest BCUT2D eigenvalue weighted by Crippen LogP contribution is -2.19. The molecule has 2 rings (SSSR count). The Labute approximate surface area is 129 Å². The Kier molecular flexibility index (Phi) is 5.11. The first-order chi connectivity index (χ1) is 10.5. The standard InChI is InChI=1S/C15H17N3O3S/c1-3-21-14-4-6-15(7-5-14)22(19,20)18-17-12(2)13-8-10-16-11-9-13/h4-11,18H,3H2,1-2H3. The number of benzene rings is 1. The van der Waals surface area contributed by atoms with Crippen LogP contribution in [0, 0.1) is 0 Å². The van der Waals surface area contributed by atoms with Crippen LogP contribution in [0.4, 0.5) is 0 Å². The number of nitrogens with one attached hydrogen (secondary N) is 1. The van der Waals surface area contributed by atoms with E-state index in [0.29, 0.717) is 18.1 Å². The third-order valence-electron chi connectivity index (χ3n) is 2.88. The molecule has 0 aliphatic heterocycles. The number of hydrazone groups is 1. The molecule has 1 aromatic heterocycles. The zero-order valence-corrected chi connectivity index (χ0v) is 13.2. The quantitative estimate of drug-likeness (QED) is 0.653. The largest absolute Gasteiger partial charge is 0.494 e. The average molecular weight is 319 g/mol. The fraction of sp³-hybridized carbons (Fsp3) is 0.200. The van der Waals surface area contributed by atoms with Gasteiger partial charge in [0.25, 0.3) is 10.0 Å². The van der Waals surface area contributed by atoms with Crippen LogP contribution in [0.25, 0.3) is 0 Å². The third kappa shape index (κ3) is 4.05. The molecule has 1 heterocycles. The van der Waals surface area contributed by atoms with Gasteiger partial charge in [0.15, 0.2) is 0 Å². The van der Waals surface area contributed by atoms with Gasteiger partial charge in [-0.25, -0.2) is 0 Å². The summed E-state index contributed by atoms with van der Waals surface area (Å²) in [5, 5.41) is 3.92. The highest BCUT2D eigenvalue weighted by Gasteiger charge is 2.13. The molecule has 0 saturated heterocycles. The summed E-state index contributed by atoms with van der Waals surface area (Å²) in [6.45, 7) is 4.11. The number of hydrogen-bond acceptors (Lipinski definition) is 5. The van der Waals surface area contributed by atoms with Gasteiger partial charge in [-0.05, 0) is 50.2 Å². The van der Waals surface area contributed by atoms with E-state index in [1.165, 1.54) is 12.1 Å². The molecule has 7 heteroatoms. The molecule has 0 aliphatic carbocycles. The van der Waals surface area contributed by atoms with E-state index in [-0.39, 0.29) is 4.90 Å². The van der Waals surface area contributed by atoms with Crippen molar-refractivity contribution >= 4 is 15.7 Å². The SMILES string of the molecule is CCOc1ccc(S(=O)(=O)NN=C(C)c2ccncc2)cc1. The van der Waals surface area contributed by atoms with Gasteiger partial charge < -0.3 is 4.74 Å². The van der Waals surface area contributed by atoms with E-state index in [0.717, 1.165) is 5.56 Å². The maximum atomic E-state index is 12.2. The van der Waals surface area contributed by atoms with Gasteiger partial charge in [0, 0.05) is 18.0 Å². The Balaban J connectivity index is 2.14. The lowest BCUT2D eigenvalue weighted by Gasteiger charge is -2.07. The summed E-state index contributed by atoms with van der Waals surface area (Å²) in [6, 6.07) is 9.68. The molecule has 0 unspecified atom stereocenters. The molecular formula is C15H17N3O3S. The third-order valence-corrected chi connectivity index (χ3v) is 4.10. The zero-order chi connectivity index (χ0) is 16.0. The van der Waals surface area contributed by atoms with Gasteiger partial charge in [0.1, 0.15) is 5.75 Å². The second kappa shape index (κ2) is 7.04. The number of hydrogen-bond donors (Lipinski definition) is 1. The van der Waals surface area contributed by atoms with Gasteiger partial charge in [-0.1, -0.05) is 0 Å². The molecule has 1 aromatic carbocycles. The Morgan fingerprint density at radius 2 is 1.82 bits per heavy atom. The smallest absolute Gasteiger partial charge is 0.276 e. The molecule has 0 bridgehead atoms. The van der Waals surface area contributed by atoms with Gasteiger partial charge in [0.2, 0.25) is 0 Å². The second-order valence-corrected chi connectivity index (χ2v) is 6.09. The van der Waals surface area contributed by atoms with Crippen molar-refractivity contribution in [3.63, 3.8) is 0 Å². The van der Waals surface area contributed by atoms with E-state index in [1.807, 2.05) is 6.92 Å². The van der Waals surface area contributed by atoms with E-state index in [1.54, 1.807) is 43.6 Å². The summed E-state index contributed by atoms with van der Waals surface area (Å²) in [5.74, 6) is 0.623. The molecule has 22 heavy (non-hydrogen) atoms. The van der Waals surface area contributed by atoms with E-state index in [2.05, 4.69) is 14.9 Å². The number of rotatable bonds is 6. The first-order valence-electron chi connectivity index (χ1n) is 6.72. The van der Waals surface area contributed by atoms with Crippen LogP contribution in [0.5, 0.6) is 5.75 Å². The molecular weight excluding hydrogens is 302 g/mol. The van der Waals surface area contributed by atoms with Gasteiger partial charge in [-0.3, -0.25) is 4.98 Å². The summed E-state index contributed by atoms with van der Waals surface area (Å²) in [6.07, 6.45) is 3.24. The number of nitrogens with zero attached hydrogens (tertiary/aromatic N) is 2. The number of sulfonamides is 1. The number of pyridine rings is 1. The van der Waals surface area contributed by atoms with Crippen molar-refractivity contribution in [2.75, 3.05) is 6.61 Å². The Hall–Kier alpha value is -2.41. The molecule has 0 fully saturated rings. The zero-order valence-electron chi connectivity index (χ0n) is 12.4. The minimum Gasteiger partial charge on any atom is -0.494 e. The van der Waals surface area contributed by atoms with Crippen molar-refractivity contribution in [3.8, 4) is 5.75 Å². The van der Waals surface area contributed by atoms with E-state index in [4.69, 9.17) is 4.74 Å². The summed E-state index contributed by atoms with van der Waals surface area (Å²) >= 11 is 0. The van der Waals surface area contributed by atoms with Gasteiger partial charge in [0.05, 0.1) is 17.2 Å². The van der Waals surface area contributed by atoms with Gasteiger partial charge in [-0.2, -0.15) is 18.4 Å². The highest BCUT2D eigenvalue weighted by atomic mass is 32.2. The van der Waals surface area contributed by atoms with Crippen molar-refractivity contribution in [2.24, 2.45) is 5.10 Å². The molecule has 0 spiro atoms. The van der Waals surface area contributed by atoms with Crippen LogP contribution >= 0.6 is 0 Å². The maximum absolute atomic E-state index is 12.2. The minimum atomic E-state index is -3.70. The molecule has 0 atom stereocenters. The van der Waals surface area contributed by atoms with Crippen LogP contribution < -0.4 is 9.57 Å². The van der Waals surface area contributed by atoms with E-state index >= 15 is 0 Å². The normalized spacial score (nSPS) is 12.0. The Morgan fingerprint density at radius 3 is 2.41 bits per heavy atom. The summed E-state index contributed by atoms with van der Waals surface area (Å²) in [7, 11) is -3.70. The fourth-order valence-corrected chi connectivity index (χ4v) is 2.58. The average Bonchev–Trinajstić information content (AvgIpc) is 2.54. The molecule has 0 radical (unpaired) electrons. The summed E-state index contributed by atoms with van der Waals surface area (Å²) < 4.78 is 29.6. The van der Waals surface area contributed by atoms with Crippen LogP contribution in [0.1, 0.15) is 19.4 Å². The highest BCUT2D eigenvalue weighted by molar-refractivity contribution is 7.89. The second-order valence-electron chi connectivity index (χ2n) is 4.43. The molecule has 116 valence electrons. The summed E-state index contributed by atoms with van der Waals surface area (Å²) in [5.41, 5.74) is 1.35. The van der Waals surface area contributed by atoms with Gasteiger partial charge >= 0.3 is 0 Å². The fourth-order valence-electron chi connectivity index (χ4n) is 1.72. The summed E-state index contributed by atoms with van der Waals surface area (Å²) in [4.78, 5) is 6.25. The van der Waals surface area contributed by atoms with Crippen molar-refractivity contribution in [1.29, 1.82) is 0 Å². The van der Waals surface area contributed by atoms with Crippen LogP contribution in [-0.4, -0.2) is 25.7 Å². The molecule has 6 nitrogen and oxygen atoms in total. The molecule has 1 N–H and O–H groups in total. The lowest BCUT2D eigenvalue weighted by atomic mass is 10.2. The molecule has 0 amide bonds. The molecule has 2 aromatic rings. The van der Waals surface area contributed by atoms with Gasteiger partial charge in [-0.15, -0.1) is 0 Å². The van der Waals surface area contributed by atoms with Crippen molar-refractivity contribution in [1.82, 2.24) is 9.82 Å². The predicted molar refractivity (Wildman–Crippen MR) is 84.4 cm³/mol. The molecule has 0 saturated carbocycles. The Bertz CT molecular complexity index is 741. The predicted octanol–water partition coefficient (Wildman–Crippen LogP) is 2.18. The monoisotopic (exact) mass is 319 g/mol. The Morgan fingerprint density at radius 1 is 1.18 bits per heavy atom. The van der Waals surface area contributed by atoms with Crippen LogP contribution in [0.2, 0.25) is 0 Å². The minimum absolute atomic E-state index is 0.127. The highest BCUT2D eigenvalue weighted by Crippen LogP contribution is 2.15. The maximum Gasteiger partial charge on any atom is 0.276 e. The van der Waals surface area contributed by atoms with Crippen molar-refractivity contribution in [2.45, 2.75) is 18.7 Å². The van der Waals surface area contributed by atoms with Crippen LogP contribution in [0.15, 0.2) is 58.8 Å². The first kappa shape index (κ1) is 16.0. The molecule has 0 aliphatic rings. The van der Waals surface area contributed by atoms with E-state index < -0.39 is 10.0 Å². The first-order valence-corrected chi connectivity index (χ1v) is 8.20.